The van der Waals surface area contributed by atoms with Gasteiger partial charge >= 0.3 is 0 Å². The highest BCUT2D eigenvalue weighted by Crippen LogP contribution is 2.21. The third-order valence-electron chi connectivity index (χ3n) is 5.14. The second kappa shape index (κ2) is 10.3. The third-order valence-corrected chi connectivity index (χ3v) is 5.14. The minimum atomic E-state index is 0.0384. The lowest BCUT2D eigenvalue weighted by Crippen LogP contribution is -2.48. The molecule has 1 N–H and O–H groups in total. The minimum absolute atomic E-state index is 0.0384. The number of hydrogen-bond donors (Lipinski definition) is 1. The van der Waals surface area contributed by atoms with Crippen LogP contribution in [-0.2, 0) is 18.2 Å². The number of nitrogens with zero attached hydrogens (tertiary/aromatic N) is 5. The maximum Gasteiger partial charge on any atom is 0.194 e. The van der Waals surface area contributed by atoms with E-state index in [9.17, 15) is 0 Å². The molecule has 1 aliphatic heterocycles. The van der Waals surface area contributed by atoms with Crippen LogP contribution in [-0.4, -0.2) is 67.5 Å². The lowest BCUT2D eigenvalue weighted by atomic mass is 10.1. The van der Waals surface area contributed by atoms with Gasteiger partial charge < -0.3 is 19.9 Å². The highest BCUT2D eigenvalue weighted by molar-refractivity contribution is 5.80. The smallest absolute Gasteiger partial charge is 0.194 e. The molecule has 0 spiro atoms. The number of morpholine rings is 1. The summed E-state index contributed by atoms with van der Waals surface area (Å²) in [6.07, 6.45) is 6.03. The Morgan fingerprint density at radius 3 is 2.76 bits per heavy atom. The van der Waals surface area contributed by atoms with Gasteiger partial charge in [0.15, 0.2) is 5.96 Å². The molecule has 7 nitrogen and oxygen atoms in total. The zero-order chi connectivity index (χ0) is 20.6. The average Bonchev–Trinajstić information content (AvgIpc) is 3.17. The molecule has 0 radical (unpaired) electrons. The second-order valence-electron chi connectivity index (χ2n) is 7.65. The van der Waals surface area contributed by atoms with Crippen molar-refractivity contribution < 1.29 is 4.74 Å². The summed E-state index contributed by atoms with van der Waals surface area (Å²) in [4.78, 5) is 9.30. The van der Waals surface area contributed by atoms with Crippen molar-refractivity contribution in [2.45, 2.75) is 25.9 Å². The molecule has 0 amide bonds. The number of benzene rings is 1. The first-order valence-corrected chi connectivity index (χ1v) is 10.5. The molecular formula is C22H34N6O. The van der Waals surface area contributed by atoms with Gasteiger partial charge in [-0.15, -0.1) is 0 Å². The van der Waals surface area contributed by atoms with E-state index in [2.05, 4.69) is 65.5 Å². The summed E-state index contributed by atoms with van der Waals surface area (Å²) in [5, 5.41) is 7.71. The first-order valence-electron chi connectivity index (χ1n) is 10.5. The van der Waals surface area contributed by atoms with Gasteiger partial charge in [0.2, 0.25) is 0 Å². The van der Waals surface area contributed by atoms with E-state index in [1.165, 1.54) is 11.3 Å². The van der Waals surface area contributed by atoms with Crippen molar-refractivity contribution in [3.05, 3.63) is 47.8 Å². The molecule has 2 aromatic rings. The van der Waals surface area contributed by atoms with Crippen LogP contribution in [0.25, 0.3) is 0 Å². The van der Waals surface area contributed by atoms with Gasteiger partial charge in [-0.05, 0) is 37.5 Å². The van der Waals surface area contributed by atoms with E-state index in [4.69, 9.17) is 9.73 Å². The van der Waals surface area contributed by atoms with Gasteiger partial charge in [0.1, 0.15) is 6.10 Å². The van der Waals surface area contributed by atoms with Gasteiger partial charge in [0.25, 0.3) is 0 Å². The van der Waals surface area contributed by atoms with Crippen LogP contribution in [0.1, 0.15) is 30.6 Å². The fourth-order valence-electron chi connectivity index (χ4n) is 3.50. The van der Waals surface area contributed by atoms with Crippen LogP contribution < -0.4 is 10.2 Å². The van der Waals surface area contributed by atoms with Gasteiger partial charge in [0.05, 0.1) is 19.3 Å². The number of aliphatic imine (C=N–C) groups is 1. The van der Waals surface area contributed by atoms with Gasteiger partial charge in [-0.2, -0.15) is 5.10 Å². The zero-order valence-corrected chi connectivity index (χ0v) is 18.1. The number of guanidine groups is 1. The summed E-state index contributed by atoms with van der Waals surface area (Å²) in [7, 11) is 6.07. The number of anilines is 1. The Bertz CT molecular complexity index is 783. The number of aryl methyl sites for hydroxylation is 2. The summed E-state index contributed by atoms with van der Waals surface area (Å²) in [5.41, 5.74) is 3.71. The van der Waals surface area contributed by atoms with E-state index < -0.39 is 0 Å². The van der Waals surface area contributed by atoms with Crippen molar-refractivity contribution in [3.63, 3.8) is 0 Å². The molecule has 1 aromatic carbocycles. The average molecular weight is 399 g/mol. The molecule has 158 valence electrons. The molecule has 1 atom stereocenters. The number of rotatable bonds is 7. The Kier molecular flexibility index (Phi) is 7.52. The molecular weight excluding hydrogens is 364 g/mol. The molecule has 2 heterocycles. The lowest BCUT2D eigenvalue weighted by Gasteiger charge is -2.34. The fraction of sp³-hybridized carbons (Fsp3) is 0.545. The molecule has 1 fully saturated rings. The Balaban J connectivity index is 1.54. The largest absolute Gasteiger partial charge is 0.378 e. The number of ether oxygens (including phenoxy) is 1. The van der Waals surface area contributed by atoms with Crippen molar-refractivity contribution in [2.75, 3.05) is 51.8 Å². The minimum Gasteiger partial charge on any atom is -0.378 e. The van der Waals surface area contributed by atoms with Crippen LogP contribution in [0.5, 0.6) is 0 Å². The highest BCUT2D eigenvalue weighted by atomic mass is 16.5. The van der Waals surface area contributed by atoms with E-state index in [1.54, 1.807) is 0 Å². The highest BCUT2D eigenvalue weighted by Gasteiger charge is 2.25. The van der Waals surface area contributed by atoms with E-state index in [0.717, 1.165) is 50.5 Å². The summed E-state index contributed by atoms with van der Waals surface area (Å²) >= 11 is 0. The first-order chi connectivity index (χ1) is 14.1. The van der Waals surface area contributed by atoms with E-state index in [1.807, 2.05) is 24.1 Å². The summed E-state index contributed by atoms with van der Waals surface area (Å²) < 4.78 is 7.79. The van der Waals surface area contributed by atoms with Crippen LogP contribution in [0.15, 0.2) is 41.7 Å². The van der Waals surface area contributed by atoms with Crippen molar-refractivity contribution in [3.8, 4) is 0 Å². The van der Waals surface area contributed by atoms with Crippen LogP contribution >= 0.6 is 0 Å². The molecule has 1 unspecified atom stereocenters. The number of hydrogen-bond acceptors (Lipinski definition) is 4. The molecule has 1 aliphatic rings. The van der Waals surface area contributed by atoms with Crippen LogP contribution in [0.4, 0.5) is 5.69 Å². The van der Waals surface area contributed by atoms with Gasteiger partial charge in [0, 0.05) is 58.2 Å². The lowest BCUT2D eigenvalue weighted by molar-refractivity contribution is -0.00804. The molecule has 3 rings (SSSR count). The summed E-state index contributed by atoms with van der Waals surface area (Å²) in [5.74, 6) is 0.979. The van der Waals surface area contributed by atoms with Gasteiger partial charge in [-0.25, -0.2) is 0 Å². The maximum atomic E-state index is 5.96. The molecule has 0 bridgehead atoms. The molecule has 1 saturated heterocycles. The predicted octanol–water partition coefficient (Wildman–Crippen LogP) is 2.46. The monoisotopic (exact) mass is 398 g/mol. The van der Waals surface area contributed by atoms with Crippen LogP contribution in [0.2, 0.25) is 0 Å². The summed E-state index contributed by atoms with van der Waals surface area (Å²) in [6.45, 7) is 6.13. The Labute approximate surface area is 174 Å². The third kappa shape index (κ3) is 5.97. The van der Waals surface area contributed by atoms with E-state index >= 15 is 0 Å². The zero-order valence-electron chi connectivity index (χ0n) is 18.1. The Hall–Kier alpha value is -2.54. The maximum absolute atomic E-state index is 5.96. The normalized spacial score (nSPS) is 17.4. The topological polar surface area (TPSA) is 57.9 Å². The quantitative estimate of drug-likeness (QED) is 0.441. The Morgan fingerprint density at radius 2 is 2.10 bits per heavy atom. The van der Waals surface area contributed by atoms with E-state index in [0.29, 0.717) is 6.61 Å². The van der Waals surface area contributed by atoms with E-state index in [-0.39, 0.29) is 6.10 Å². The van der Waals surface area contributed by atoms with Crippen molar-refractivity contribution >= 4 is 11.6 Å². The van der Waals surface area contributed by atoms with Crippen LogP contribution in [0, 0.1) is 0 Å². The van der Waals surface area contributed by atoms with Gasteiger partial charge in [-0.1, -0.05) is 12.1 Å². The second-order valence-corrected chi connectivity index (χ2v) is 7.65. The predicted molar refractivity (Wildman–Crippen MR) is 119 cm³/mol. The van der Waals surface area contributed by atoms with Crippen LogP contribution in [0.3, 0.4) is 0 Å². The molecule has 0 saturated carbocycles. The van der Waals surface area contributed by atoms with Crippen molar-refractivity contribution in [2.24, 2.45) is 12.0 Å². The molecule has 29 heavy (non-hydrogen) atoms. The van der Waals surface area contributed by atoms with Crippen molar-refractivity contribution in [1.82, 2.24) is 20.0 Å². The fourth-order valence-corrected chi connectivity index (χ4v) is 3.50. The Morgan fingerprint density at radius 1 is 1.31 bits per heavy atom. The molecule has 1 aromatic heterocycles. The standard InChI is InChI=1S/C22H34N6O/c1-5-23-22(24-12-6-7-18-8-10-20(11-9-18)26(2)3)28-13-14-29-21(17-28)19-15-25-27(4)16-19/h8-11,15-16,21H,5-7,12-14,17H2,1-4H3,(H,23,24). The number of aromatic nitrogens is 2. The molecule has 0 aliphatic carbocycles. The van der Waals surface area contributed by atoms with Crippen molar-refractivity contribution in [1.29, 1.82) is 0 Å². The first kappa shape index (κ1) is 21.2. The number of nitrogens with one attached hydrogen (secondary N) is 1. The summed E-state index contributed by atoms with van der Waals surface area (Å²) in [6, 6.07) is 8.78. The molecule has 7 heteroatoms. The SMILES string of the molecule is CCNC(=NCCCc1ccc(N(C)C)cc1)N1CCOC(c2cnn(C)c2)C1. The van der Waals surface area contributed by atoms with Gasteiger partial charge in [-0.3, -0.25) is 9.67 Å².